The molecule has 7 nitrogen and oxygen atoms in total. The molecule has 0 saturated heterocycles. The van der Waals surface area contributed by atoms with E-state index < -0.39 is 10.6 Å². The second kappa shape index (κ2) is 6.31. The van der Waals surface area contributed by atoms with Crippen LogP contribution in [-0.4, -0.2) is 34.2 Å². The van der Waals surface area contributed by atoms with Crippen molar-refractivity contribution in [2.24, 2.45) is 0 Å². The van der Waals surface area contributed by atoms with E-state index in [1.165, 1.54) is 0 Å². The number of halogens is 1. The molecular weight excluding hydrogens is 250 g/mol. The maximum absolute atomic E-state index is 10.7. The zero-order valence-electron chi connectivity index (χ0n) is 9.42. The molecule has 1 aromatic rings. The lowest BCUT2D eigenvalue weighted by atomic mass is 10.5. The van der Waals surface area contributed by atoms with E-state index >= 15 is 0 Å². The van der Waals surface area contributed by atoms with E-state index in [4.69, 9.17) is 21.1 Å². The third kappa shape index (κ3) is 4.12. The van der Waals surface area contributed by atoms with Gasteiger partial charge in [0.2, 0.25) is 5.15 Å². The molecule has 17 heavy (non-hydrogen) atoms. The van der Waals surface area contributed by atoms with Crippen LogP contribution in [0.2, 0.25) is 5.15 Å². The van der Waals surface area contributed by atoms with Crippen LogP contribution in [0.3, 0.4) is 0 Å². The fourth-order valence-corrected chi connectivity index (χ4v) is 1.22. The molecule has 0 N–H and O–H groups in total. The Morgan fingerprint density at radius 2 is 2.18 bits per heavy atom. The molecule has 1 rings (SSSR count). The van der Waals surface area contributed by atoms with E-state index in [1.807, 2.05) is 13.8 Å². The second-order valence-corrected chi connectivity index (χ2v) is 3.70. The highest BCUT2D eigenvalue weighted by atomic mass is 35.5. The molecule has 0 bridgehead atoms. The Morgan fingerprint density at radius 1 is 1.47 bits per heavy atom. The Labute approximate surface area is 103 Å². The predicted octanol–water partition coefficient (Wildman–Crippen LogP) is 1.84. The molecule has 0 aliphatic heterocycles. The van der Waals surface area contributed by atoms with Crippen LogP contribution in [0.1, 0.15) is 13.8 Å². The van der Waals surface area contributed by atoms with E-state index in [1.54, 1.807) is 0 Å². The van der Waals surface area contributed by atoms with Crippen molar-refractivity contribution in [1.29, 1.82) is 0 Å². The average Bonchev–Trinajstić information content (AvgIpc) is 2.23. The van der Waals surface area contributed by atoms with Gasteiger partial charge in [-0.3, -0.25) is 10.1 Å². The summed E-state index contributed by atoms with van der Waals surface area (Å²) in [5.74, 6) is -0.151. The molecule has 0 amide bonds. The summed E-state index contributed by atoms with van der Waals surface area (Å²) in [6, 6.07) is 0. The quantitative estimate of drug-likeness (QED) is 0.336. The van der Waals surface area contributed by atoms with E-state index in [0.29, 0.717) is 6.61 Å². The van der Waals surface area contributed by atoms with Crippen LogP contribution >= 0.6 is 11.6 Å². The summed E-state index contributed by atoms with van der Waals surface area (Å²) in [7, 11) is 0. The lowest BCUT2D eigenvalue weighted by Crippen LogP contribution is -2.12. The van der Waals surface area contributed by atoms with Crippen LogP contribution in [-0.2, 0) is 4.74 Å². The largest absolute Gasteiger partial charge is 0.470 e. The van der Waals surface area contributed by atoms with Gasteiger partial charge in [-0.1, -0.05) is 11.6 Å². The summed E-state index contributed by atoms with van der Waals surface area (Å²) in [6.07, 6.45) is 1.18. The Kier molecular flexibility index (Phi) is 5.05. The second-order valence-electron chi connectivity index (χ2n) is 3.34. The molecule has 0 atom stereocenters. The maximum atomic E-state index is 10.7. The molecule has 94 valence electrons. The normalized spacial score (nSPS) is 10.6. The van der Waals surface area contributed by atoms with Gasteiger partial charge in [-0.25, -0.2) is 4.98 Å². The Bertz CT molecular complexity index is 400. The van der Waals surface area contributed by atoms with Crippen molar-refractivity contribution in [3.63, 3.8) is 0 Å². The minimum Gasteiger partial charge on any atom is -0.470 e. The number of hydrogen-bond acceptors (Lipinski definition) is 6. The zero-order valence-corrected chi connectivity index (χ0v) is 10.2. The average molecular weight is 262 g/mol. The van der Waals surface area contributed by atoms with Crippen molar-refractivity contribution in [2.45, 2.75) is 20.0 Å². The van der Waals surface area contributed by atoms with E-state index in [-0.39, 0.29) is 23.7 Å². The smallest absolute Gasteiger partial charge is 0.367 e. The molecule has 0 aliphatic rings. The lowest BCUT2D eigenvalue weighted by molar-refractivity contribution is -0.386. The van der Waals surface area contributed by atoms with Crippen molar-refractivity contribution in [1.82, 2.24) is 9.97 Å². The Morgan fingerprint density at radius 3 is 2.76 bits per heavy atom. The van der Waals surface area contributed by atoms with Gasteiger partial charge in [-0.15, -0.1) is 0 Å². The number of nitro groups is 1. The Hall–Kier alpha value is -1.47. The first kappa shape index (κ1) is 13.6. The first-order valence-electron chi connectivity index (χ1n) is 4.91. The monoisotopic (exact) mass is 261 g/mol. The summed E-state index contributed by atoms with van der Waals surface area (Å²) >= 11 is 5.58. The van der Waals surface area contributed by atoms with Gasteiger partial charge in [-0.05, 0) is 13.8 Å². The molecule has 0 fully saturated rings. The van der Waals surface area contributed by atoms with Crippen LogP contribution in [0.25, 0.3) is 0 Å². The highest BCUT2D eigenvalue weighted by Crippen LogP contribution is 2.29. The predicted molar refractivity (Wildman–Crippen MR) is 60.3 cm³/mol. The summed E-state index contributed by atoms with van der Waals surface area (Å²) in [6.45, 7) is 4.23. The molecule has 0 aliphatic carbocycles. The van der Waals surface area contributed by atoms with Crippen molar-refractivity contribution in [3.8, 4) is 5.88 Å². The minimum absolute atomic E-state index is 0.0718. The number of hydrogen-bond donors (Lipinski definition) is 0. The molecule has 0 spiro atoms. The number of aromatic nitrogens is 2. The van der Waals surface area contributed by atoms with E-state index in [2.05, 4.69) is 9.97 Å². The van der Waals surface area contributed by atoms with E-state index in [0.717, 1.165) is 6.33 Å². The molecular formula is C9H12ClN3O4. The molecule has 0 aromatic carbocycles. The SMILES string of the molecule is CC(C)OCCOc1ncnc(Cl)c1[N+](=O)[O-]. The summed E-state index contributed by atoms with van der Waals surface area (Å²) in [5, 5.41) is 10.5. The van der Waals surface area contributed by atoms with Gasteiger partial charge in [0.25, 0.3) is 5.88 Å². The number of nitrogens with zero attached hydrogens (tertiary/aromatic N) is 3. The van der Waals surface area contributed by atoms with Crippen molar-refractivity contribution in [2.75, 3.05) is 13.2 Å². The number of rotatable bonds is 6. The summed E-state index contributed by atoms with van der Waals surface area (Å²) in [4.78, 5) is 17.2. The van der Waals surface area contributed by atoms with Crippen LogP contribution in [0.4, 0.5) is 5.69 Å². The summed E-state index contributed by atoms with van der Waals surface area (Å²) < 4.78 is 10.4. The highest BCUT2D eigenvalue weighted by Gasteiger charge is 2.22. The van der Waals surface area contributed by atoms with Gasteiger partial charge in [0, 0.05) is 0 Å². The molecule has 0 radical (unpaired) electrons. The molecule has 1 heterocycles. The lowest BCUT2D eigenvalue weighted by Gasteiger charge is -2.08. The maximum Gasteiger partial charge on any atom is 0.367 e. The van der Waals surface area contributed by atoms with Gasteiger partial charge in [0.15, 0.2) is 0 Å². The first-order chi connectivity index (χ1) is 8.02. The third-order valence-corrected chi connectivity index (χ3v) is 1.98. The van der Waals surface area contributed by atoms with Gasteiger partial charge in [-0.2, -0.15) is 4.98 Å². The fraction of sp³-hybridized carbons (Fsp3) is 0.556. The van der Waals surface area contributed by atoms with Crippen molar-refractivity contribution >= 4 is 17.3 Å². The molecule has 0 saturated carbocycles. The standard InChI is InChI=1S/C9H12ClN3O4/c1-6(2)16-3-4-17-9-7(13(14)15)8(10)11-5-12-9/h5-6H,3-4H2,1-2H3. The molecule has 8 heteroatoms. The van der Waals surface area contributed by atoms with Gasteiger partial charge >= 0.3 is 5.69 Å². The fourth-order valence-electron chi connectivity index (χ4n) is 1.02. The van der Waals surface area contributed by atoms with Gasteiger partial charge in [0.05, 0.1) is 17.6 Å². The topological polar surface area (TPSA) is 87.4 Å². The molecule has 1 aromatic heterocycles. The van der Waals surface area contributed by atoms with Crippen molar-refractivity contribution in [3.05, 3.63) is 21.6 Å². The van der Waals surface area contributed by atoms with Crippen LogP contribution in [0, 0.1) is 10.1 Å². The van der Waals surface area contributed by atoms with Crippen molar-refractivity contribution < 1.29 is 14.4 Å². The van der Waals surface area contributed by atoms with Crippen LogP contribution in [0.15, 0.2) is 6.33 Å². The van der Waals surface area contributed by atoms with E-state index in [9.17, 15) is 10.1 Å². The summed E-state index contributed by atoms with van der Waals surface area (Å²) in [5.41, 5.74) is -0.432. The first-order valence-corrected chi connectivity index (χ1v) is 5.29. The number of ether oxygens (including phenoxy) is 2. The van der Waals surface area contributed by atoms with Gasteiger partial charge in [0.1, 0.15) is 12.9 Å². The third-order valence-electron chi connectivity index (χ3n) is 1.70. The van der Waals surface area contributed by atoms with Crippen LogP contribution in [0.5, 0.6) is 5.88 Å². The van der Waals surface area contributed by atoms with Crippen LogP contribution < -0.4 is 4.74 Å². The zero-order chi connectivity index (χ0) is 12.8. The van der Waals surface area contributed by atoms with Gasteiger partial charge < -0.3 is 9.47 Å². The minimum atomic E-state index is -0.680. The highest BCUT2D eigenvalue weighted by molar-refractivity contribution is 6.31. The Balaban J connectivity index is 2.64. The molecule has 0 unspecified atom stereocenters.